The van der Waals surface area contributed by atoms with Crippen LogP contribution in [0.15, 0.2) is 18.2 Å². The number of carboxylic acids is 1. The number of hydrogen-bond acceptors (Lipinski definition) is 3. The summed E-state index contributed by atoms with van der Waals surface area (Å²) in [6.45, 7) is 15.2. The van der Waals surface area contributed by atoms with Crippen molar-refractivity contribution in [2.75, 3.05) is 0 Å². The Labute approximate surface area is 227 Å². The average molecular weight is 524 g/mol. The number of pyridine rings is 1. The quantitative estimate of drug-likeness (QED) is 0.366. The minimum absolute atomic E-state index is 0.107. The van der Waals surface area contributed by atoms with E-state index >= 15 is 0 Å². The fraction of sp³-hybridized carbons (Fsp3) is 0.645. The van der Waals surface area contributed by atoms with Gasteiger partial charge in [-0.05, 0) is 44.6 Å². The van der Waals surface area contributed by atoms with Crippen molar-refractivity contribution in [3.8, 4) is 11.3 Å². The molecule has 4 rings (SSSR count). The Hall–Kier alpha value is -2.83. The SMILES string of the molecule is Cc1c(C(=O)NC2CC(C(=O)O)C2)cc(-c2cc(C(C)(C)C)[n+]([O-])c(C(C)(C)C)c2)n1CC1CCCCC1. The van der Waals surface area contributed by atoms with Crippen molar-refractivity contribution in [3.05, 3.63) is 46.1 Å². The van der Waals surface area contributed by atoms with E-state index in [9.17, 15) is 19.9 Å². The van der Waals surface area contributed by atoms with E-state index < -0.39 is 5.97 Å². The second kappa shape index (κ2) is 10.4. The van der Waals surface area contributed by atoms with E-state index in [-0.39, 0.29) is 28.7 Å². The van der Waals surface area contributed by atoms with E-state index in [2.05, 4.69) is 51.4 Å². The maximum atomic E-state index is 13.5. The number of aliphatic carboxylic acids is 1. The van der Waals surface area contributed by atoms with Gasteiger partial charge in [0.2, 0.25) is 0 Å². The first-order valence-corrected chi connectivity index (χ1v) is 14.2. The summed E-state index contributed by atoms with van der Waals surface area (Å²) in [4.78, 5) is 24.6. The third kappa shape index (κ3) is 5.76. The lowest BCUT2D eigenvalue weighted by atomic mass is 9.80. The second-order valence-electron chi connectivity index (χ2n) is 13.6. The molecule has 0 saturated heterocycles. The lowest BCUT2D eigenvalue weighted by Gasteiger charge is -2.32. The van der Waals surface area contributed by atoms with Gasteiger partial charge in [0.1, 0.15) is 0 Å². The van der Waals surface area contributed by atoms with E-state index in [1.165, 1.54) is 32.1 Å². The molecule has 0 spiro atoms. The summed E-state index contributed by atoms with van der Waals surface area (Å²) >= 11 is 0. The zero-order valence-electron chi connectivity index (χ0n) is 24.2. The molecule has 2 aromatic rings. The Bertz CT molecular complexity index is 1170. The number of nitrogens with one attached hydrogen (secondary N) is 1. The second-order valence-corrected chi connectivity index (χ2v) is 13.6. The highest BCUT2D eigenvalue weighted by Gasteiger charge is 2.36. The van der Waals surface area contributed by atoms with Crippen molar-refractivity contribution in [1.82, 2.24) is 9.88 Å². The number of aromatic nitrogens is 2. The van der Waals surface area contributed by atoms with Gasteiger partial charge in [-0.1, -0.05) is 60.8 Å². The van der Waals surface area contributed by atoms with Crippen molar-refractivity contribution in [1.29, 1.82) is 0 Å². The molecule has 2 heterocycles. The number of carbonyl (C=O) groups is 2. The smallest absolute Gasteiger partial charge is 0.306 e. The summed E-state index contributed by atoms with van der Waals surface area (Å²) < 4.78 is 3.38. The summed E-state index contributed by atoms with van der Waals surface area (Å²) in [6.07, 6.45) is 7.09. The fourth-order valence-electron chi connectivity index (χ4n) is 5.95. The van der Waals surface area contributed by atoms with Crippen LogP contribution in [-0.2, 0) is 22.2 Å². The van der Waals surface area contributed by atoms with Crippen molar-refractivity contribution < 1.29 is 19.4 Å². The minimum atomic E-state index is -0.795. The average Bonchev–Trinajstić information content (AvgIpc) is 3.11. The third-order valence-electron chi connectivity index (χ3n) is 8.45. The van der Waals surface area contributed by atoms with Crippen LogP contribution in [0.4, 0.5) is 0 Å². The molecule has 0 aromatic carbocycles. The molecule has 2 aliphatic carbocycles. The molecular formula is C31H45N3O4. The maximum Gasteiger partial charge on any atom is 0.306 e. The number of carbonyl (C=O) groups excluding carboxylic acids is 1. The Kier molecular flexibility index (Phi) is 7.70. The fourth-order valence-corrected chi connectivity index (χ4v) is 5.95. The van der Waals surface area contributed by atoms with Crippen LogP contribution >= 0.6 is 0 Å². The zero-order valence-corrected chi connectivity index (χ0v) is 24.2. The predicted molar refractivity (Wildman–Crippen MR) is 149 cm³/mol. The van der Waals surface area contributed by atoms with Gasteiger partial charge in [-0.15, -0.1) is 0 Å². The lowest BCUT2D eigenvalue weighted by molar-refractivity contribution is -0.629. The van der Waals surface area contributed by atoms with Gasteiger partial charge in [0.25, 0.3) is 5.91 Å². The van der Waals surface area contributed by atoms with Crippen LogP contribution in [0.5, 0.6) is 0 Å². The highest BCUT2D eigenvalue weighted by atomic mass is 16.5. The summed E-state index contributed by atoms with van der Waals surface area (Å²) in [5, 5.41) is 25.7. The standard InChI is InChI=1S/C31H45N3O4/c1-19-24(28(35)32-23-13-22(14-23)29(36)37)17-25(33(19)18-20-11-9-8-10-12-20)21-15-26(30(2,3)4)34(38)27(16-21)31(5,6)7/h15-17,20,22-23H,8-14,18H2,1-7H3,(H,32,35)(H,36,37). The van der Waals surface area contributed by atoms with E-state index in [1.807, 2.05) is 25.1 Å². The molecule has 7 heteroatoms. The first kappa shape index (κ1) is 28.2. The Morgan fingerprint density at radius 3 is 2.05 bits per heavy atom. The van der Waals surface area contributed by atoms with Crippen LogP contribution in [0.1, 0.15) is 114 Å². The third-order valence-corrected chi connectivity index (χ3v) is 8.45. The molecule has 2 fully saturated rings. The van der Waals surface area contributed by atoms with Gasteiger partial charge in [0, 0.05) is 52.5 Å². The van der Waals surface area contributed by atoms with Gasteiger partial charge >= 0.3 is 5.97 Å². The first-order chi connectivity index (χ1) is 17.7. The topological polar surface area (TPSA) is 98.3 Å². The van der Waals surface area contributed by atoms with Crippen molar-refractivity contribution in [2.24, 2.45) is 11.8 Å². The minimum Gasteiger partial charge on any atom is -0.618 e. The largest absolute Gasteiger partial charge is 0.618 e. The summed E-state index contributed by atoms with van der Waals surface area (Å²) in [7, 11) is 0. The van der Waals surface area contributed by atoms with Gasteiger partial charge in [0.15, 0.2) is 11.4 Å². The maximum absolute atomic E-state index is 13.5. The van der Waals surface area contributed by atoms with Crippen LogP contribution < -0.4 is 10.0 Å². The number of rotatable bonds is 6. The highest BCUT2D eigenvalue weighted by Crippen LogP contribution is 2.35. The van der Waals surface area contributed by atoms with Gasteiger partial charge < -0.3 is 20.2 Å². The van der Waals surface area contributed by atoms with Crippen molar-refractivity contribution >= 4 is 11.9 Å². The molecule has 0 aliphatic heterocycles. The molecule has 0 bridgehead atoms. The molecule has 1 amide bonds. The first-order valence-electron chi connectivity index (χ1n) is 14.2. The molecule has 0 radical (unpaired) electrons. The molecule has 7 nitrogen and oxygen atoms in total. The summed E-state index contributed by atoms with van der Waals surface area (Å²) in [5.74, 6) is -0.758. The van der Waals surface area contributed by atoms with Crippen LogP contribution in [0.3, 0.4) is 0 Å². The van der Waals surface area contributed by atoms with Crippen molar-refractivity contribution in [2.45, 2.75) is 117 Å². The van der Waals surface area contributed by atoms with Crippen LogP contribution in [-0.4, -0.2) is 27.6 Å². The van der Waals surface area contributed by atoms with Gasteiger partial charge in [0.05, 0.1) is 11.5 Å². The molecule has 0 unspecified atom stereocenters. The number of carboxylic acid groups (broad SMARTS) is 1. The molecule has 2 N–H and O–H groups in total. The Balaban J connectivity index is 1.78. The van der Waals surface area contributed by atoms with Gasteiger partial charge in [-0.3, -0.25) is 9.59 Å². The molecule has 208 valence electrons. The van der Waals surface area contributed by atoms with E-state index in [0.717, 1.165) is 28.2 Å². The lowest BCUT2D eigenvalue weighted by Crippen LogP contribution is -2.46. The van der Waals surface area contributed by atoms with E-state index in [4.69, 9.17) is 0 Å². The van der Waals surface area contributed by atoms with Crippen LogP contribution in [0.2, 0.25) is 0 Å². The monoisotopic (exact) mass is 523 g/mol. The molecule has 2 aromatic heterocycles. The number of nitrogens with zero attached hydrogens (tertiary/aromatic N) is 2. The van der Waals surface area contributed by atoms with E-state index in [1.54, 1.807) is 0 Å². The Morgan fingerprint density at radius 1 is 1.00 bits per heavy atom. The van der Waals surface area contributed by atoms with Gasteiger partial charge in [-0.2, -0.15) is 4.73 Å². The Morgan fingerprint density at radius 2 is 1.55 bits per heavy atom. The highest BCUT2D eigenvalue weighted by molar-refractivity contribution is 5.97. The zero-order chi connectivity index (χ0) is 28.0. The number of amides is 1. The molecular weight excluding hydrogens is 478 g/mol. The van der Waals surface area contributed by atoms with Crippen LogP contribution in [0, 0.1) is 24.0 Å². The van der Waals surface area contributed by atoms with Gasteiger partial charge in [-0.25, -0.2) is 0 Å². The molecule has 2 saturated carbocycles. The number of hydrogen-bond donors (Lipinski definition) is 2. The molecule has 2 aliphatic rings. The van der Waals surface area contributed by atoms with Crippen LogP contribution in [0.25, 0.3) is 11.3 Å². The van der Waals surface area contributed by atoms with Crippen molar-refractivity contribution in [3.63, 3.8) is 0 Å². The summed E-state index contributed by atoms with van der Waals surface area (Å²) in [6, 6.07) is 5.87. The van der Waals surface area contributed by atoms with E-state index in [0.29, 0.717) is 35.7 Å². The molecule has 0 atom stereocenters. The predicted octanol–water partition coefficient (Wildman–Crippen LogP) is 5.87. The summed E-state index contributed by atoms with van der Waals surface area (Å²) in [5.41, 5.74) is 4.20. The normalized spacial score (nSPS) is 20.7. The molecule has 38 heavy (non-hydrogen) atoms.